The second-order valence-electron chi connectivity index (χ2n) is 7.54. The topological polar surface area (TPSA) is 153 Å². The van der Waals surface area contributed by atoms with Crippen molar-refractivity contribution in [1.82, 2.24) is 4.90 Å². The number of amides is 3. The van der Waals surface area contributed by atoms with E-state index >= 15 is 0 Å². The SMILES string of the molecule is O=C(CN1C(=O)S/C(=C\c2ccc(OS(=O)(=O)c3ccc([N+](=O)[O-])cc3)cc2)C1=O)Nc1ccccc1. The van der Waals surface area contributed by atoms with Crippen LogP contribution in [-0.4, -0.2) is 41.8 Å². The van der Waals surface area contributed by atoms with Gasteiger partial charge in [-0.05, 0) is 59.8 Å². The van der Waals surface area contributed by atoms with Gasteiger partial charge in [-0.3, -0.25) is 29.4 Å². The fraction of sp³-hybridized carbons (Fsp3) is 0.0417. The van der Waals surface area contributed by atoms with E-state index in [2.05, 4.69) is 5.32 Å². The van der Waals surface area contributed by atoms with Crippen LogP contribution in [0.3, 0.4) is 0 Å². The Morgan fingerprint density at radius 1 is 1.00 bits per heavy atom. The van der Waals surface area contributed by atoms with E-state index in [9.17, 15) is 32.9 Å². The highest BCUT2D eigenvalue weighted by Gasteiger charge is 2.36. The third-order valence-electron chi connectivity index (χ3n) is 4.95. The standard InChI is InChI=1S/C24H17N3O8S2/c28-22(25-17-4-2-1-3-5-17)15-26-23(29)21(36-24(26)30)14-16-6-10-19(11-7-16)35-37(33,34)20-12-8-18(9-13-20)27(31)32/h1-14H,15H2,(H,25,28)/b21-14-. The number of anilines is 1. The van der Waals surface area contributed by atoms with E-state index in [1.165, 1.54) is 30.3 Å². The Labute approximate surface area is 215 Å². The molecule has 0 unspecified atom stereocenters. The van der Waals surface area contributed by atoms with Crippen LogP contribution in [-0.2, 0) is 19.7 Å². The van der Waals surface area contributed by atoms with Crippen LogP contribution in [0.15, 0.2) is 88.7 Å². The Morgan fingerprint density at radius 3 is 2.27 bits per heavy atom. The van der Waals surface area contributed by atoms with Crippen molar-refractivity contribution in [2.45, 2.75) is 4.90 Å². The summed E-state index contributed by atoms with van der Waals surface area (Å²) in [5, 5.41) is 12.8. The number of rotatable bonds is 8. The molecule has 13 heteroatoms. The van der Waals surface area contributed by atoms with Gasteiger partial charge in [0.2, 0.25) is 5.91 Å². The van der Waals surface area contributed by atoms with Crippen molar-refractivity contribution < 1.29 is 31.9 Å². The van der Waals surface area contributed by atoms with Crippen molar-refractivity contribution in [2.24, 2.45) is 0 Å². The predicted octanol–water partition coefficient (Wildman–Crippen LogP) is 4.04. The predicted molar refractivity (Wildman–Crippen MR) is 135 cm³/mol. The van der Waals surface area contributed by atoms with Gasteiger partial charge in [0, 0.05) is 17.8 Å². The van der Waals surface area contributed by atoms with E-state index in [-0.39, 0.29) is 21.2 Å². The van der Waals surface area contributed by atoms with E-state index < -0.39 is 38.6 Å². The highest BCUT2D eigenvalue weighted by molar-refractivity contribution is 8.18. The maximum atomic E-state index is 12.7. The summed E-state index contributed by atoms with van der Waals surface area (Å²) in [5.41, 5.74) is 0.761. The number of nitro groups is 1. The Bertz CT molecular complexity index is 1500. The number of thioether (sulfide) groups is 1. The zero-order chi connectivity index (χ0) is 26.6. The van der Waals surface area contributed by atoms with E-state index in [1.54, 1.807) is 30.3 Å². The fourth-order valence-electron chi connectivity index (χ4n) is 3.18. The van der Waals surface area contributed by atoms with Crippen molar-refractivity contribution in [1.29, 1.82) is 0 Å². The van der Waals surface area contributed by atoms with Crippen LogP contribution in [0, 0.1) is 10.1 Å². The molecule has 11 nitrogen and oxygen atoms in total. The first-order valence-electron chi connectivity index (χ1n) is 10.5. The molecule has 3 amide bonds. The summed E-state index contributed by atoms with van der Waals surface area (Å²) in [6.45, 7) is -0.440. The molecule has 0 bridgehead atoms. The maximum absolute atomic E-state index is 12.7. The molecule has 1 heterocycles. The van der Waals surface area contributed by atoms with E-state index in [4.69, 9.17) is 4.18 Å². The molecule has 3 aromatic carbocycles. The molecule has 0 spiro atoms. The van der Waals surface area contributed by atoms with E-state index in [0.29, 0.717) is 23.0 Å². The first-order valence-corrected chi connectivity index (χ1v) is 12.7. The summed E-state index contributed by atoms with van der Waals surface area (Å²) in [5.74, 6) is -1.18. The van der Waals surface area contributed by atoms with Crippen LogP contribution in [0.4, 0.5) is 16.2 Å². The van der Waals surface area contributed by atoms with Crippen molar-refractivity contribution in [2.75, 3.05) is 11.9 Å². The van der Waals surface area contributed by atoms with Crippen LogP contribution in [0.25, 0.3) is 6.08 Å². The number of hydrogen-bond donors (Lipinski definition) is 1. The van der Waals surface area contributed by atoms with E-state index in [1.807, 2.05) is 0 Å². The Morgan fingerprint density at radius 2 is 1.65 bits per heavy atom. The van der Waals surface area contributed by atoms with Gasteiger partial charge in [-0.1, -0.05) is 30.3 Å². The fourth-order valence-corrected chi connectivity index (χ4v) is 4.95. The third kappa shape index (κ3) is 6.20. The summed E-state index contributed by atoms with van der Waals surface area (Å²) in [6, 6.07) is 18.5. The van der Waals surface area contributed by atoms with Gasteiger partial charge in [0.1, 0.15) is 17.2 Å². The van der Waals surface area contributed by atoms with Crippen molar-refractivity contribution >= 4 is 56.4 Å². The molecule has 1 aliphatic heterocycles. The lowest BCUT2D eigenvalue weighted by atomic mass is 10.2. The number of non-ortho nitro benzene ring substituents is 1. The summed E-state index contributed by atoms with van der Waals surface area (Å²) >= 11 is 0.683. The maximum Gasteiger partial charge on any atom is 0.339 e. The van der Waals surface area contributed by atoms with Crippen LogP contribution in [0.5, 0.6) is 5.75 Å². The van der Waals surface area contributed by atoms with Gasteiger partial charge in [0.05, 0.1) is 9.83 Å². The average Bonchev–Trinajstić information content (AvgIpc) is 3.13. The van der Waals surface area contributed by atoms with Gasteiger partial charge in [-0.25, -0.2) is 0 Å². The van der Waals surface area contributed by atoms with Gasteiger partial charge >= 0.3 is 10.1 Å². The summed E-state index contributed by atoms with van der Waals surface area (Å²) < 4.78 is 29.9. The molecule has 4 rings (SSSR count). The lowest BCUT2D eigenvalue weighted by Crippen LogP contribution is -2.36. The lowest BCUT2D eigenvalue weighted by molar-refractivity contribution is -0.384. The van der Waals surface area contributed by atoms with Crippen molar-refractivity contribution in [3.05, 3.63) is 99.4 Å². The van der Waals surface area contributed by atoms with Gasteiger partial charge in [0.25, 0.3) is 16.8 Å². The molecular formula is C24H17N3O8S2. The zero-order valence-corrected chi connectivity index (χ0v) is 20.4. The number of nitrogens with zero attached hydrogens (tertiary/aromatic N) is 2. The first-order chi connectivity index (χ1) is 17.6. The minimum Gasteiger partial charge on any atom is -0.379 e. The third-order valence-corrected chi connectivity index (χ3v) is 7.12. The van der Waals surface area contributed by atoms with Gasteiger partial charge < -0.3 is 9.50 Å². The molecule has 0 aliphatic carbocycles. The number of para-hydroxylation sites is 1. The number of hydrogen-bond acceptors (Lipinski definition) is 9. The minimum absolute atomic E-state index is 0.0267. The zero-order valence-electron chi connectivity index (χ0n) is 18.8. The lowest BCUT2D eigenvalue weighted by Gasteiger charge is -2.12. The Balaban J connectivity index is 1.41. The highest BCUT2D eigenvalue weighted by Crippen LogP contribution is 2.32. The Kier molecular flexibility index (Phi) is 7.36. The normalized spacial score (nSPS) is 14.6. The molecule has 0 aromatic heterocycles. The molecule has 0 radical (unpaired) electrons. The number of benzene rings is 3. The summed E-state index contributed by atoms with van der Waals surface area (Å²) in [7, 11) is -4.23. The number of carbonyl (C=O) groups is 3. The molecule has 1 saturated heterocycles. The molecule has 0 atom stereocenters. The van der Waals surface area contributed by atoms with Gasteiger partial charge in [-0.15, -0.1) is 0 Å². The minimum atomic E-state index is -4.23. The summed E-state index contributed by atoms with van der Waals surface area (Å²) in [6.07, 6.45) is 1.44. The second kappa shape index (κ2) is 10.6. The van der Waals surface area contributed by atoms with E-state index in [0.717, 1.165) is 29.2 Å². The van der Waals surface area contributed by atoms with Crippen LogP contribution in [0.2, 0.25) is 0 Å². The summed E-state index contributed by atoms with van der Waals surface area (Å²) in [4.78, 5) is 48.0. The molecule has 0 saturated carbocycles. The number of nitro benzene ring substituents is 1. The monoisotopic (exact) mass is 539 g/mol. The average molecular weight is 540 g/mol. The molecule has 188 valence electrons. The second-order valence-corrected chi connectivity index (χ2v) is 10.1. The van der Waals surface area contributed by atoms with Gasteiger partial charge in [0.15, 0.2) is 0 Å². The molecular weight excluding hydrogens is 522 g/mol. The highest BCUT2D eigenvalue weighted by atomic mass is 32.2. The van der Waals surface area contributed by atoms with Gasteiger partial charge in [-0.2, -0.15) is 8.42 Å². The van der Waals surface area contributed by atoms with Crippen LogP contribution >= 0.6 is 11.8 Å². The first kappa shape index (κ1) is 25.6. The number of imide groups is 1. The molecule has 1 fully saturated rings. The molecule has 1 aliphatic rings. The quantitative estimate of drug-likeness (QED) is 0.193. The molecule has 1 N–H and O–H groups in total. The van der Waals surface area contributed by atoms with Crippen molar-refractivity contribution in [3.8, 4) is 5.75 Å². The Hall–Kier alpha value is -4.49. The van der Waals surface area contributed by atoms with Crippen LogP contribution in [0.1, 0.15) is 5.56 Å². The number of carbonyl (C=O) groups excluding carboxylic acids is 3. The van der Waals surface area contributed by atoms with Crippen molar-refractivity contribution in [3.63, 3.8) is 0 Å². The largest absolute Gasteiger partial charge is 0.379 e. The smallest absolute Gasteiger partial charge is 0.339 e. The molecule has 3 aromatic rings. The number of nitrogens with one attached hydrogen (secondary N) is 1. The molecule has 37 heavy (non-hydrogen) atoms. The van der Waals surface area contributed by atoms with Crippen LogP contribution < -0.4 is 9.50 Å².